The van der Waals surface area contributed by atoms with Crippen LogP contribution in [0, 0.1) is 5.41 Å². The SMILES string of the molecule is CC(C)(CO)CNC(=O)/C=C/c1ccc(O)cc1. The van der Waals surface area contributed by atoms with Crippen molar-refractivity contribution in [3.63, 3.8) is 0 Å². The topological polar surface area (TPSA) is 69.6 Å². The molecule has 1 aromatic carbocycles. The van der Waals surface area contributed by atoms with Gasteiger partial charge in [-0.3, -0.25) is 4.79 Å². The summed E-state index contributed by atoms with van der Waals surface area (Å²) in [6.45, 7) is 4.19. The number of benzene rings is 1. The van der Waals surface area contributed by atoms with E-state index in [-0.39, 0.29) is 23.7 Å². The van der Waals surface area contributed by atoms with E-state index in [0.717, 1.165) is 5.56 Å². The highest BCUT2D eigenvalue weighted by Crippen LogP contribution is 2.12. The minimum absolute atomic E-state index is 0.0228. The molecule has 0 unspecified atom stereocenters. The van der Waals surface area contributed by atoms with Crippen LogP contribution in [0.4, 0.5) is 0 Å². The summed E-state index contributed by atoms with van der Waals surface area (Å²) in [6, 6.07) is 6.56. The quantitative estimate of drug-likeness (QED) is 0.693. The molecule has 1 rings (SSSR count). The van der Waals surface area contributed by atoms with Crippen LogP contribution in [0.25, 0.3) is 6.08 Å². The Morgan fingerprint density at radius 1 is 1.33 bits per heavy atom. The summed E-state index contributed by atoms with van der Waals surface area (Å²) in [7, 11) is 0. The molecule has 0 atom stereocenters. The maximum atomic E-state index is 11.5. The zero-order valence-electron chi connectivity index (χ0n) is 10.7. The largest absolute Gasteiger partial charge is 0.508 e. The molecule has 0 aliphatic heterocycles. The number of phenolic OH excluding ortho intramolecular Hbond substituents is 1. The van der Waals surface area contributed by atoms with Crippen LogP contribution in [0.3, 0.4) is 0 Å². The zero-order chi connectivity index (χ0) is 13.6. The van der Waals surface area contributed by atoms with Crippen molar-refractivity contribution in [1.29, 1.82) is 0 Å². The standard InChI is InChI=1S/C14H19NO3/c1-14(2,10-16)9-15-13(18)8-5-11-3-6-12(17)7-4-11/h3-8,16-17H,9-10H2,1-2H3,(H,15,18)/b8-5+. The van der Waals surface area contributed by atoms with Crippen molar-refractivity contribution in [2.24, 2.45) is 5.41 Å². The molecule has 4 heteroatoms. The van der Waals surface area contributed by atoms with Crippen LogP contribution < -0.4 is 5.32 Å². The highest BCUT2D eigenvalue weighted by molar-refractivity contribution is 5.91. The molecule has 0 aliphatic carbocycles. The van der Waals surface area contributed by atoms with Crippen LogP contribution in [0.2, 0.25) is 0 Å². The van der Waals surface area contributed by atoms with E-state index in [1.165, 1.54) is 6.08 Å². The lowest BCUT2D eigenvalue weighted by atomic mass is 9.95. The molecule has 98 valence electrons. The fourth-order valence-corrected chi connectivity index (χ4v) is 1.20. The molecule has 3 N–H and O–H groups in total. The third kappa shape index (κ3) is 5.01. The fourth-order valence-electron chi connectivity index (χ4n) is 1.20. The number of aliphatic hydroxyl groups excluding tert-OH is 1. The maximum absolute atomic E-state index is 11.5. The van der Waals surface area contributed by atoms with Gasteiger partial charge in [-0.25, -0.2) is 0 Å². The van der Waals surface area contributed by atoms with Crippen LogP contribution in [-0.2, 0) is 4.79 Å². The number of hydrogen-bond acceptors (Lipinski definition) is 3. The van der Waals surface area contributed by atoms with Gasteiger partial charge >= 0.3 is 0 Å². The average molecular weight is 249 g/mol. The van der Waals surface area contributed by atoms with Crippen LogP contribution in [0.1, 0.15) is 19.4 Å². The smallest absolute Gasteiger partial charge is 0.244 e. The first-order valence-electron chi connectivity index (χ1n) is 5.79. The highest BCUT2D eigenvalue weighted by Gasteiger charge is 2.16. The molecule has 0 bridgehead atoms. The van der Waals surface area contributed by atoms with Gasteiger partial charge in [0.15, 0.2) is 0 Å². The number of carbonyl (C=O) groups is 1. The Kier molecular flexibility index (Phi) is 4.92. The lowest BCUT2D eigenvalue weighted by Crippen LogP contribution is -2.35. The van der Waals surface area contributed by atoms with Crippen molar-refractivity contribution in [2.45, 2.75) is 13.8 Å². The number of aromatic hydroxyl groups is 1. The molecule has 0 aliphatic rings. The molecule has 0 heterocycles. The highest BCUT2D eigenvalue weighted by atomic mass is 16.3. The van der Waals surface area contributed by atoms with Crippen molar-refractivity contribution in [3.05, 3.63) is 35.9 Å². The predicted octanol–water partition coefficient (Wildman–Crippen LogP) is 1.54. The second-order valence-electron chi connectivity index (χ2n) is 4.96. The molecule has 1 aromatic rings. The summed E-state index contributed by atoms with van der Waals surface area (Å²) in [5, 5.41) is 20.9. The summed E-state index contributed by atoms with van der Waals surface area (Å²) < 4.78 is 0. The van der Waals surface area contributed by atoms with E-state index in [9.17, 15) is 4.79 Å². The van der Waals surface area contributed by atoms with Gasteiger partial charge in [0.1, 0.15) is 5.75 Å². The molecule has 0 spiro atoms. The number of hydrogen-bond donors (Lipinski definition) is 3. The lowest BCUT2D eigenvalue weighted by Gasteiger charge is -2.21. The van der Waals surface area contributed by atoms with E-state index in [1.807, 2.05) is 13.8 Å². The van der Waals surface area contributed by atoms with Gasteiger partial charge in [0, 0.05) is 24.6 Å². The van der Waals surface area contributed by atoms with E-state index in [2.05, 4.69) is 5.32 Å². The predicted molar refractivity (Wildman–Crippen MR) is 71.0 cm³/mol. The average Bonchev–Trinajstić information content (AvgIpc) is 2.36. The van der Waals surface area contributed by atoms with E-state index in [1.54, 1.807) is 30.3 Å². The van der Waals surface area contributed by atoms with Gasteiger partial charge < -0.3 is 15.5 Å². The van der Waals surface area contributed by atoms with Gasteiger partial charge in [-0.1, -0.05) is 26.0 Å². The Morgan fingerprint density at radius 2 is 1.94 bits per heavy atom. The van der Waals surface area contributed by atoms with E-state index in [0.29, 0.717) is 6.54 Å². The molecule has 4 nitrogen and oxygen atoms in total. The normalized spacial score (nSPS) is 11.7. The molecule has 0 radical (unpaired) electrons. The first kappa shape index (κ1) is 14.3. The zero-order valence-corrected chi connectivity index (χ0v) is 10.7. The Bertz CT molecular complexity index is 421. The fraction of sp³-hybridized carbons (Fsp3) is 0.357. The van der Waals surface area contributed by atoms with Crippen LogP contribution in [-0.4, -0.2) is 29.3 Å². The van der Waals surface area contributed by atoms with Crippen molar-refractivity contribution >= 4 is 12.0 Å². The number of amides is 1. The van der Waals surface area contributed by atoms with Gasteiger partial charge in [0.05, 0.1) is 0 Å². The molecule has 0 aromatic heterocycles. The van der Waals surface area contributed by atoms with Crippen molar-refractivity contribution in [3.8, 4) is 5.75 Å². The van der Waals surface area contributed by atoms with Crippen molar-refractivity contribution in [2.75, 3.05) is 13.2 Å². The number of phenols is 1. The molecule has 0 saturated heterocycles. The maximum Gasteiger partial charge on any atom is 0.244 e. The van der Waals surface area contributed by atoms with E-state index in [4.69, 9.17) is 10.2 Å². The summed E-state index contributed by atoms with van der Waals surface area (Å²) >= 11 is 0. The van der Waals surface area contributed by atoms with Crippen molar-refractivity contribution < 1.29 is 15.0 Å². The van der Waals surface area contributed by atoms with Crippen molar-refractivity contribution in [1.82, 2.24) is 5.32 Å². The molecular weight excluding hydrogens is 230 g/mol. The van der Waals surface area contributed by atoms with Gasteiger partial charge in [-0.2, -0.15) is 0 Å². The van der Waals surface area contributed by atoms with E-state index < -0.39 is 0 Å². The summed E-state index contributed by atoms with van der Waals surface area (Å²) in [5.41, 5.74) is 0.520. The number of carbonyl (C=O) groups excluding carboxylic acids is 1. The molecule has 18 heavy (non-hydrogen) atoms. The van der Waals surface area contributed by atoms with E-state index >= 15 is 0 Å². The molecule has 0 fully saturated rings. The number of aliphatic hydroxyl groups is 1. The lowest BCUT2D eigenvalue weighted by molar-refractivity contribution is -0.116. The summed E-state index contributed by atoms with van der Waals surface area (Å²) in [6.07, 6.45) is 3.10. The third-order valence-electron chi connectivity index (χ3n) is 2.49. The minimum atomic E-state index is -0.317. The summed E-state index contributed by atoms with van der Waals surface area (Å²) in [4.78, 5) is 11.5. The van der Waals surface area contributed by atoms with Gasteiger partial charge in [0.25, 0.3) is 0 Å². The first-order chi connectivity index (χ1) is 8.43. The Morgan fingerprint density at radius 3 is 2.50 bits per heavy atom. The van der Waals surface area contributed by atoms with Crippen LogP contribution in [0.15, 0.2) is 30.3 Å². The second-order valence-corrected chi connectivity index (χ2v) is 4.96. The first-order valence-corrected chi connectivity index (χ1v) is 5.79. The number of rotatable bonds is 5. The van der Waals surface area contributed by atoms with Crippen LogP contribution >= 0.6 is 0 Å². The second kappa shape index (κ2) is 6.21. The van der Waals surface area contributed by atoms with Gasteiger partial charge in [-0.05, 0) is 23.8 Å². The monoisotopic (exact) mass is 249 g/mol. The Labute approximate surface area is 107 Å². The molecule has 0 saturated carbocycles. The Balaban J connectivity index is 2.47. The Hall–Kier alpha value is -1.81. The molecule has 1 amide bonds. The summed E-state index contributed by atoms with van der Waals surface area (Å²) in [5.74, 6) is -0.00843. The van der Waals surface area contributed by atoms with Gasteiger partial charge in [0.2, 0.25) is 5.91 Å². The van der Waals surface area contributed by atoms with Crippen LogP contribution in [0.5, 0.6) is 5.75 Å². The molecular formula is C14H19NO3. The van der Waals surface area contributed by atoms with Gasteiger partial charge in [-0.15, -0.1) is 0 Å². The third-order valence-corrected chi connectivity index (χ3v) is 2.49. The number of nitrogens with one attached hydrogen (secondary N) is 1. The minimum Gasteiger partial charge on any atom is -0.508 e.